The Hall–Kier alpha value is -1.00. The first-order chi connectivity index (χ1) is 8.56. The molecule has 1 fully saturated rings. The third kappa shape index (κ3) is 3.27. The fourth-order valence-corrected chi connectivity index (χ4v) is 2.55. The van der Waals surface area contributed by atoms with Crippen molar-refractivity contribution >= 4 is 0 Å². The van der Waals surface area contributed by atoms with Crippen LogP contribution in [0.5, 0.6) is 0 Å². The van der Waals surface area contributed by atoms with E-state index >= 15 is 0 Å². The van der Waals surface area contributed by atoms with Crippen molar-refractivity contribution in [3.63, 3.8) is 0 Å². The van der Waals surface area contributed by atoms with Gasteiger partial charge in [-0.2, -0.15) is 0 Å². The molecule has 18 heavy (non-hydrogen) atoms. The van der Waals surface area contributed by atoms with E-state index in [1.54, 1.807) is 0 Å². The number of aliphatic hydroxyl groups excluding tert-OH is 1. The van der Waals surface area contributed by atoms with Gasteiger partial charge in [-0.25, -0.2) is 8.78 Å². The van der Waals surface area contributed by atoms with E-state index in [0.717, 1.165) is 31.7 Å². The van der Waals surface area contributed by atoms with Crippen LogP contribution in [0, 0.1) is 11.6 Å². The molecule has 2 rings (SSSR count). The Morgan fingerprint density at radius 3 is 2.50 bits per heavy atom. The molecule has 1 aliphatic carbocycles. The summed E-state index contributed by atoms with van der Waals surface area (Å²) in [5.74, 6) is -1.03. The van der Waals surface area contributed by atoms with Gasteiger partial charge < -0.3 is 5.11 Å². The first-order valence-electron chi connectivity index (χ1n) is 6.38. The monoisotopic (exact) mass is 255 g/mol. The summed E-state index contributed by atoms with van der Waals surface area (Å²) in [5, 5.41) is 9.45. The van der Waals surface area contributed by atoms with Crippen LogP contribution in [0.4, 0.5) is 8.78 Å². The van der Waals surface area contributed by atoms with Crippen LogP contribution in [0.3, 0.4) is 0 Å². The van der Waals surface area contributed by atoms with Crippen LogP contribution in [0.25, 0.3) is 0 Å². The summed E-state index contributed by atoms with van der Waals surface area (Å²) in [7, 11) is 1.95. The molecule has 0 aliphatic heterocycles. The summed E-state index contributed by atoms with van der Waals surface area (Å²) in [6, 6.07) is 4.08. The Labute approximate surface area is 106 Å². The number of rotatable bonds is 3. The summed E-state index contributed by atoms with van der Waals surface area (Å²) in [5.41, 5.74) is 0.519. The molecule has 1 aliphatic rings. The zero-order chi connectivity index (χ0) is 13.1. The van der Waals surface area contributed by atoms with Gasteiger partial charge in [-0.1, -0.05) is 6.07 Å². The maximum absolute atomic E-state index is 13.5. The second-order valence-corrected chi connectivity index (χ2v) is 5.11. The van der Waals surface area contributed by atoms with Gasteiger partial charge >= 0.3 is 0 Å². The summed E-state index contributed by atoms with van der Waals surface area (Å²) in [6.07, 6.45) is 3.29. The average Bonchev–Trinajstić information content (AvgIpc) is 2.33. The number of hydrogen-bond donors (Lipinski definition) is 1. The zero-order valence-electron chi connectivity index (χ0n) is 10.6. The number of nitrogens with zero attached hydrogens (tertiary/aromatic N) is 1. The van der Waals surface area contributed by atoms with Crippen LogP contribution in [0.2, 0.25) is 0 Å². The first kappa shape index (κ1) is 13.4. The molecule has 1 saturated carbocycles. The molecule has 0 radical (unpaired) electrons. The second kappa shape index (κ2) is 5.76. The molecule has 0 amide bonds. The molecule has 1 aromatic rings. The van der Waals surface area contributed by atoms with Gasteiger partial charge in [-0.3, -0.25) is 4.90 Å². The minimum Gasteiger partial charge on any atom is -0.393 e. The summed E-state index contributed by atoms with van der Waals surface area (Å²) in [4.78, 5) is 2.09. The van der Waals surface area contributed by atoms with Gasteiger partial charge in [0.2, 0.25) is 0 Å². The number of halogens is 2. The Bertz CT molecular complexity index is 403. The first-order valence-corrected chi connectivity index (χ1v) is 6.38. The normalized spacial score (nSPS) is 24.5. The Kier molecular flexibility index (Phi) is 4.30. The van der Waals surface area contributed by atoms with Crippen molar-refractivity contribution in [2.24, 2.45) is 0 Å². The fourth-order valence-electron chi connectivity index (χ4n) is 2.55. The minimum atomic E-state index is -0.542. The van der Waals surface area contributed by atoms with Crippen LogP contribution in [-0.4, -0.2) is 29.2 Å². The minimum absolute atomic E-state index is 0.183. The van der Waals surface area contributed by atoms with Crippen LogP contribution in [0.15, 0.2) is 18.2 Å². The van der Waals surface area contributed by atoms with E-state index in [-0.39, 0.29) is 6.10 Å². The maximum atomic E-state index is 13.5. The molecular weight excluding hydrogens is 236 g/mol. The van der Waals surface area contributed by atoms with Gasteiger partial charge in [0.15, 0.2) is 0 Å². The molecule has 0 unspecified atom stereocenters. The van der Waals surface area contributed by atoms with Gasteiger partial charge in [0.25, 0.3) is 0 Å². The third-order valence-corrected chi connectivity index (χ3v) is 3.72. The number of hydrogen-bond acceptors (Lipinski definition) is 2. The van der Waals surface area contributed by atoms with Gasteiger partial charge in [0.05, 0.1) is 6.10 Å². The van der Waals surface area contributed by atoms with Crippen molar-refractivity contribution in [3.05, 3.63) is 35.4 Å². The molecule has 1 N–H and O–H groups in total. The van der Waals surface area contributed by atoms with E-state index in [0.29, 0.717) is 18.2 Å². The highest BCUT2D eigenvalue weighted by Crippen LogP contribution is 2.24. The topological polar surface area (TPSA) is 23.5 Å². The SMILES string of the molecule is CN(Cc1ccc(F)cc1F)C1CCC(O)CC1. The molecular formula is C14H19F2NO. The van der Waals surface area contributed by atoms with Gasteiger partial charge in [-0.05, 0) is 38.8 Å². The molecule has 0 aromatic heterocycles. The maximum Gasteiger partial charge on any atom is 0.130 e. The highest BCUT2D eigenvalue weighted by Gasteiger charge is 2.23. The van der Waals surface area contributed by atoms with E-state index in [9.17, 15) is 13.9 Å². The quantitative estimate of drug-likeness (QED) is 0.897. The largest absolute Gasteiger partial charge is 0.393 e. The van der Waals surface area contributed by atoms with Crippen molar-refractivity contribution in [2.75, 3.05) is 7.05 Å². The summed E-state index contributed by atoms with van der Waals surface area (Å²) in [6.45, 7) is 0.479. The molecule has 0 saturated heterocycles. The number of benzene rings is 1. The van der Waals surface area contributed by atoms with Crippen LogP contribution in [-0.2, 0) is 6.54 Å². The number of aliphatic hydroxyl groups is 1. The highest BCUT2D eigenvalue weighted by atomic mass is 19.1. The molecule has 1 aromatic carbocycles. The average molecular weight is 255 g/mol. The van der Waals surface area contributed by atoms with Crippen molar-refractivity contribution in [2.45, 2.75) is 44.4 Å². The Morgan fingerprint density at radius 1 is 1.22 bits per heavy atom. The second-order valence-electron chi connectivity index (χ2n) is 5.11. The molecule has 0 atom stereocenters. The van der Waals surface area contributed by atoms with Gasteiger partial charge in [0, 0.05) is 24.2 Å². The molecule has 2 nitrogen and oxygen atoms in total. The van der Waals surface area contributed by atoms with Crippen molar-refractivity contribution in [1.29, 1.82) is 0 Å². The van der Waals surface area contributed by atoms with E-state index in [1.165, 1.54) is 12.1 Å². The standard InChI is InChI=1S/C14H19F2NO/c1-17(12-4-6-13(18)7-5-12)9-10-2-3-11(15)8-14(10)16/h2-3,8,12-13,18H,4-7,9H2,1H3. The van der Waals surface area contributed by atoms with E-state index in [4.69, 9.17) is 0 Å². The lowest BCUT2D eigenvalue weighted by Crippen LogP contribution is -2.36. The van der Waals surface area contributed by atoms with E-state index in [1.807, 2.05) is 7.05 Å². The lowest BCUT2D eigenvalue weighted by atomic mass is 9.92. The van der Waals surface area contributed by atoms with Crippen molar-refractivity contribution in [1.82, 2.24) is 4.90 Å². The lowest BCUT2D eigenvalue weighted by Gasteiger charge is -2.33. The van der Waals surface area contributed by atoms with E-state index in [2.05, 4.69) is 4.90 Å². The Balaban J connectivity index is 1.96. The van der Waals surface area contributed by atoms with Gasteiger partial charge in [0.1, 0.15) is 11.6 Å². The molecule has 0 heterocycles. The van der Waals surface area contributed by atoms with E-state index < -0.39 is 11.6 Å². The lowest BCUT2D eigenvalue weighted by molar-refractivity contribution is 0.0814. The van der Waals surface area contributed by atoms with Crippen LogP contribution >= 0.6 is 0 Å². The third-order valence-electron chi connectivity index (χ3n) is 3.72. The summed E-state index contributed by atoms with van der Waals surface area (Å²) >= 11 is 0. The van der Waals surface area contributed by atoms with Gasteiger partial charge in [-0.15, -0.1) is 0 Å². The summed E-state index contributed by atoms with van der Waals surface area (Å²) < 4.78 is 26.3. The highest BCUT2D eigenvalue weighted by molar-refractivity contribution is 5.18. The molecule has 4 heteroatoms. The predicted octanol–water partition coefficient (Wildman–Crippen LogP) is 2.70. The van der Waals surface area contributed by atoms with Crippen LogP contribution < -0.4 is 0 Å². The van der Waals surface area contributed by atoms with Crippen molar-refractivity contribution < 1.29 is 13.9 Å². The predicted molar refractivity (Wildman–Crippen MR) is 66.1 cm³/mol. The smallest absolute Gasteiger partial charge is 0.130 e. The fraction of sp³-hybridized carbons (Fsp3) is 0.571. The molecule has 0 bridgehead atoms. The zero-order valence-corrected chi connectivity index (χ0v) is 10.6. The van der Waals surface area contributed by atoms with Crippen molar-refractivity contribution in [3.8, 4) is 0 Å². The van der Waals surface area contributed by atoms with Crippen LogP contribution in [0.1, 0.15) is 31.2 Å². The Morgan fingerprint density at radius 2 is 1.89 bits per heavy atom. The molecule has 100 valence electrons. The molecule has 0 spiro atoms.